The Morgan fingerprint density at radius 1 is 1.04 bits per heavy atom. The molecule has 0 bridgehead atoms. The summed E-state index contributed by atoms with van der Waals surface area (Å²) in [7, 11) is 0. The molecule has 3 rings (SSSR count). The van der Waals surface area contributed by atoms with Gasteiger partial charge in [0.15, 0.2) is 0 Å². The fourth-order valence-corrected chi connectivity index (χ4v) is 2.23. The molecule has 0 saturated carbocycles. The van der Waals surface area contributed by atoms with Crippen LogP contribution in [-0.4, -0.2) is 15.9 Å². The van der Waals surface area contributed by atoms with Gasteiger partial charge in [-0.15, -0.1) is 0 Å². The summed E-state index contributed by atoms with van der Waals surface area (Å²) < 4.78 is 0. The topological polar surface area (TPSA) is 90.7 Å². The number of hydrogen-bond donors (Lipinski definition) is 2. The minimum Gasteiger partial charge on any atom is -0.347 e. The minimum atomic E-state index is -0.278. The van der Waals surface area contributed by atoms with Crippen LogP contribution in [0.4, 0.5) is 11.5 Å². The normalized spacial score (nSPS) is 9.88. The number of rotatable bonds is 5. The number of aromatic nitrogens is 2. The van der Waals surface area contributed by atoms with Gasteiger partial charge >= 0.3 is 0 Å². The predicted molar refractivity (Wildman–Crippen MR) is 94.1 cm³/mol. The summed E-state index contributed by atoms with van der Waals surface area (Å²) in [6.45, 7) is 0.427. The summed E-state index contributed by atoms with van der Waals surface area (Å²) >= 11 is 0. The standard InChI is InChI=1S/C19H15N5O/c20-11-15-7-4-8-16(9-15)24-18-10-17(22-13-23-18)19(25)21-12-14-5-2-1-3-6-14/h1-10,13H,12H2,(H,21,25)(H,22,23,24). The van der Waals surface area contributed by atoms with Crippen LogP contribution in [-0.2, 0) is 6.54 Å². The Morgan fingerprint density at radius 2 is 1.88 bits per heavy atom. The molecule has 6 nitrogen and oxygen atoms in total. The van der Waals surface area contributed by atoms with Gasteiger partial charge in [-0.05, 0) is 23.8 Å². The van der Waals surface area contributed by atoms with E-state index in [0.717, 1.165) is 5.56 Å². The molecule has 3 aromatic rings. The first-order valence-electron chi connectivity index (χ1n) is 7.66. The third-order valence-electron chi connectivity index (χ3n) is 3.46. The van der Waals surface area contributed by atoms with Crippen LogP contribution in [0.15, 0.2) is 67.0 Å². The van der Waals surface area contributed by atoms with Gasteiger partial charge in [0, 0.05) is 18.3 Å². The van der Waals surface area contributed by atoms with E-state index in [0.29, 0.717) is 23.6 Å². The highest BCUT2D eigenvalue weighted by Gasteiger charge is 2.09. The first-order valence-corrected chi connectivity index (χ1v) is 7.66. The zero-order chi connectivity index (χ0) is 17.5. The molecule has 1 amide bonds. The third-order valence-corrected chi connectivity index (χ3v) is 3.46. The van der Waals surface area contributed by atoms with E-state index in [1.165, 1.54) is 6.33 Å². The molecule has 0 unspecified atom stereocenters. The number of nitriles is 1. The fraction of sp³-hybridized carbons (Fsp3) is 0.0526. The number of benzene rings is 2. The van der Waals surface area contributed by atoms with Crippen LogP contribution in [0.2, 0.25) is 0 Å². The van der Waals surface area contributed by atoms with Crippen molar-refractivity contribution in [3.05, 3.63) is 83.8 Å². The van der Waals surface area contributed by atoms with Crippen molar-refractivity contribution in [1.82, 2.24) is 15.3 Å². The molecule has 0 saturated heterocycles. The lowest BCUT2D eigenvalue weighted by Gasteiger charge is -2.08. The van der Waals surface area contributed by atoms with Crippen molar-refractivity contribution in [3.8, 4) is 6.07 Å². The van der Waals surface area contributed by atoms with E-state index in [-0.39, 0.29) is 11.6 Å². The number of anilines is 2. The van der Waals surface area contributed by atoms with E-state index in [4.69, 9.17) is 5.26 Å². The Labute approximate surface area is 145 Å². The van der Waals surface area contributed by atoms with Crippen molar-refractivity contribution in [1.29, 1.82) is 5.26 Å². The summed E-state index contributed by atoms with van der Waals surface area (Å²) in [4.78, 5) is 20.4. The smallest absolute Gasteiger partial charge is 0.270 e. The second-order valence-electron chi connectivity index (χ2n) is 5.27. The van der Waals surface area contributed by atoms with Crippen molar-refractivity contribution in [3.63, 3.8) is 0 Å². The van der Waals surface area contributed by atoms with Gasteiger partial charge < -0.3 is 10.6 Å². The molecule has 0 aliphatic carbocycles. The third kappa shape index (κ3) is 4.39. The molecule has 0 radical (unpaired) electrons. The zero-order valence-electron chi connectivity index (χ0n) is 13.3. The molecule has 2 N–H and O–H groups in total. The van der Waals surface area contributed by atoms with E-state index in [1.807, 2.05) is 36.4 Å². The summed E-state index contributed by atoms with van der Waals surface area (Å²) in [5.74, 6) is 0.204. The van der Waals surface area contributed by atoms with Gasteiger partial charge in [0.05, 0.1) is 11.6 Å². The lowest BCUT2D eigenvalue weighted by atomic mass is 10.2. The Hall–Kier alpha value is -3.72. The van der Waals surface area contributed by atoms with Crippen LogP contribution in [0, 0.1) is 11.3 Å². The van der Waals surface area contributed by atoms with Crippen LogP contribution >= 0.6 is 0 Å². The number of carbonyl (C=O) groups excluding carboxylic acids is 1. The lowest BCUT2D eigenvalue weighted by molar-refractivity contribution is 0.0946. The highest BCUT2D eigenvalue weighted by atomic mass is 16.1. The van der Waals surface area contributed by atoms with Crippen molar-refractivity contribution in [2.24, 2.45) is 0 Å². The Balaban J connectivity index is 1.68. The van der Waals surface area contributed by atoms with E-state index in [9.17, 15) is 4.79 Å². The highest BCUT2D eigenvalue weighted by molar-refractivity contribution is 5.92. The van der Waals surface area contributed by atoms with Crippen LogP contribution in [0.25, 0.3) is 0 Å². The molecule has 0 spiro atoms. The van der Waals surface area contributed by atoms with Gasteiger partial charge in [-0.25, -0.2) is 9.97 Å². The summed E-state index contributed by atoms with van der Waals surface area (Å²) in [5.41, 5.74) is 2.54. The lowest BCUT2D eigenvalue weighted by Crippen LogP contribution is -2.24. The molecular formula is C19H15N5O. The van der Waals surface area contributed by atoms with Gasteiger partial charge in [-0.1, -0.05) is 36.4 Å². The molecule has 6 heteroatoms. The zero-order valence-corrected chi connectivity index (χ0v) is 13.3. The van der Waals surface area contributed by atoms with Crippen molar-refractivity contribution in [2.75, 3.05) is 5.32 Å². The SMILES string of the molecule is N#Cc1cccc(Nc2cc(C(=O)NCc3ccccc3)ncn2)c1. The number of nitrogens with one attached hydrogen (secondary N) is 2. The molecule has 122 valence electrons. The average molecular weight is 329 g/mol. The molecular weight excluding hydrogens is 314 g/mol. The molecule has 0 fully saturated rings. The van der Waals surface area contributed by atoms with Crippen LogP contribution in [0.5, 0.6) is 0 Å². The van der Waals surface area contributed by atoms with Gasteiger partial charge in [0.2, 0.25) is 0 Å². The molecule has 25 heavy (non-hydrogen) atoms. The van der Waals surface area contributed by atoms with Crippen LogP contribution in [0.1, 0.15) is 21.6 Å². The maximum Gasteiger partial charge on any atom is 0.270 e. The average Bonchev–Trinajstić information content (AvgIpc) is 2.67. The maximum absolute atomic E-state index is 12.3. The van der Waals surface area contributed by atoms with Gasteiger partial charge in [-0.3, -0.25) is 4.79 Å². The van der Waals surface area contributed by atoms with Crippen LogP contribution in [0.3, 0.4) is 0 Å². The van der Waals surface area contributed by atoms with Gasteiger partial charge in [0.1, 0.15) is 17.8 Å². The van der Waals surface area contributed by atoms with Crippen molar-refractivity contribution < 1.29 is 4.79 Å². The van der Waals surface area contributed by atoms with E-state index < -0.39 is 0 Å². The van der Waals surface area contributed by atoms with E-state index in [1.54, 1.807) is 24.3 Å². The second-order valence-corrected chi connectivity index (χ2v) is 5.27. The van der Waals surface area contributed by atoms with E-state index in [2.05, 4.69) is 26.7 Å². The molecule has 0 aliphatic rings. The first kappa shape index (κ1) is 16.1. The monoisotopic (exact) mass is 329 g/mol. The number of nitrogens with zero attached hydrogens (tertiary/aromatic N) is 3. The summed E-state index contributed by atoms with van der Waals surface area (Å²) in [6.07, 6.45) is 1.33. The van der Waals surface area contributed by atoms with Crippen LogP contribution < -0.4 is 10.6 Å². The molecule has 1 aromatic heterocycles. The molecule has 0 aliphatic heterocycles. The minimum absolute atomic E-state index is 0.268. The Bertz CT molecular complexity index is 918. The second kappa shape index (κ2) is 7.70. The summed E-state index contributed by atoms with van der Waals surface area (Å²) in [6, 6.07) is 20.3. The summed E-state index contributed by atoms with van der Waals surface area (Å²) in [5, 5.41) is 14.8. The van der Waals surface area contributed by atoms with Crippen molar-refractivity contribution in [2.45, 2.75) is 6.54 Å². The maximum atomic E-state index is 12.3. The number of hydrogen-bond acceptors (Lipinski definition) is 5. The Morgan fingerprint density at radius 3 is 2.68 bits per heavy atom. The van der Waals surface area contributed by atoms with Crippen molar-refractivity contribution >= 4 is 17.4 Å². The highest BCUT2D eigenvalue weighted by Crippen LogP contribution is 2.16. The first-order chi connectivity index (χ1) is 12.2. The quantitative estimate of drug-likeness (QED) is 0.751. The largest absolute Gasteiger partial charge is 0.347 e. The molecule has 0 atom stereocenters. The Kier molecular flexibility index (Phi) is 4.98. The predicted octanol–water partition coefficient (Wildman–Crippen LogP) is 3.02. The fourth-order valence-electron chi connectivity index (χ4n) is 2.23. The van der Waals surface area contributed by atoms with Gasteiger partial charge in [0.25, 0.3) is 5.91 Å². The van der Waals surface area contributed by atoms with Gasteiger partial charge in [-0.2, -0.15) is 5.26 Å². The molecule has 1 heterocycles. The molecule has 2 aromatic carbocycles. The number of amides is 1. The van der Waals surface area contributed by atoms with E-state index >= 15 is 0 Å². The number of carbonyl (C=O) groups is 1.